The van der Waals surface area contributed by atoms with E-state index in [4.69, 9.17) is 0 Å². The van der Waals surface area contributed by atoms with Crippen LogP contribution in [0.15, 0.2) is 38.9 Å². The first-order valence-electron chi connectivity index (χ1n) is 9.42. The molecule has 0 spiro atoms. The molecule has 1 aromatic carbocycles. The first kappa shape index (κ1) is 19.9. The zero-order valence-electron chi connectivity index (χ0n) is 15.4. The molecule has 0 bridgehead atoms. The zero-order valence-corrected chi connectivity index (χ0v) is 18.5. The van der Waals surface area contributed by atoms with Gasteiger partial charge in [-0.2, -0.15) is 0 Å². The van der Waals surface area contributed by atoms with Crippen LogP contribution in [0.25, 0.3) is 0 Å². The fraction of sp³-hybridized carbons (Fsp3) is 0.500. The van der Waals surface area contributed by atoms with Gasteiger partial charge in [-0.3, -0.25) is 4.90 Å². The maximum atomic E-state index is 10.1. The molecule has 1 fully saturated rings. The highest BCUT2D eigenvalue weighted by atomic mass is 79.9. The van der Waals surface area contributed by atoms with Crippen molar-refractivity contribution in [1.82, 2.24) is 15.5 Å². The number of benzene rings is 1. The molecule has 1 aromatic rings. The number of phenolic OH excluding ortho intramolecular Hbond substituents is 1. The third-order valence-corrected chi connectivity index (χ3v) is 6.28. The number of nitrogens with one attached hydrogen (secondary N) is 2. The fourth-order valence-corrected chi connectivity index (χ4v) is 5.25. The van der Waals surface area contributed by atoms with E-state index < -0.39 is 0 Å². The molecule has 6 heteroatoms. The number of hydrogen-bond donors (Lipinski definition) is 3. The van der Waals surface area contributed by atoms with E-state index in [1.54, 1.807) is 0 Å². The van der Waals surface area contributed by atoms with Crippen LogP contribution in [0, 0.1) is 0 Å². The van der Waals surface area contributed by atoms with Crippen LogP contribution in [0.1, 0.15) is 37.4 Å². The number of dihydropyridines is 1. The van der Waals surface area contributed by atoms with Crippen LogP contribution in [-0.2, 0) is 6.42 Å². The van der Waals surface area contributed by atoms with E-state index >= 15 is 0 Å². The molecule has 4 rings (SSSR count). The first-order chi connectivity index (χ1) is 12.6. The van der Waals surface area contributed by atoms with Crippen LogP contribution < -0.4 is 10.6 Å². The Bertz CT molecular complexity index is 711. The van der Waals surface area contributed by atoms with E-state index in [9.17, 15) is 5.11 Å². The molecular formula is C20H27Br2N3O. The molecule has 0 amide bonds. The molecule has 0 saturated carbocycles. The number of halogens is 2. The Hall–Kier alpha value is -0.820. The van der Waals surface area contributed by atoms with Crippen LogP contribution in [0.5, 0.6) is 5.75 Å². The van der Waals surface area contributed by atoms with Gasteiger partial charge in [-0.1, -0.05) is 29.8 Å². The third kappa shape index (κ3) is 4.03. The van der Waals surface area contributed by atoms with E-state index in [1.807, 2.05) is 26.0 Å². The smallest absolute Gasteiger partial charge is 0.116 e. The maximum absolute atomic E-state index is 10.1. The average Bonchev–Trinajstić information content (AvgIpc) is 2.81. The predicted octanol–water partition coefficient (Wildman–Crippen LogP) is 4.21. The highest BCUT2D eigenvalue weighted by Crippen LogP contribution is 2.43. The molecule has 2 unspecified atom stereocenters. The summed E-state index contributed by atoms with van der Waals surface area (Å²) < 4.78 is 2.11. The molecule has 2 aliphatic heterocycles. The molecule has 4 nitrogen and oxygen atoms in total. The Morgan fingerprint density at radius 1 is 1.12 bits per heavy atom. The summed E-state index contributed by atoms with van der Waals surface area (Å²) >= 11 is 7.33. The first-order valence-corrected chi connectivity index (χ1v) is 11.0. The van der Waals surface area contributed by atoms with E-state index in [0.29, 0.717) is 5.75 Å². The van der Waals surface area contributed by atoms with Crippen molar-refractivity contribution in [1.29, 1.82) is 0 Å². The summed E-state index contributed by atoms with van der Waals surface area (Å²) in [6.07, 6.45) is 6.28. The molecule has 0 aromatic heterocycles. The molecule has 142 valence electrons. The third-order valence-electron chi connectivity index (χ3n) is 5.16. The minimum Gasteiger partial charge on any atom is -0.508 e. The lowest BCUT2D eigenvalue weighted by Gasteiger charge is -2.41. The lowest BCUT2D eigenvalue weighted by Crippen LogP contribution is -2.51. The molecule has 2 atom stereocenters. The van der Waals surface area contributed by atoms with Crippen molar-refractivity contribution in [2.45, 2.75) is 38.8 Å². The topological polar surface area (TPSA) is 47.5 Å². The van der Waals surface area contributed by atoms with Gasteiger partial charge in [-0.25, -0.2) is 0 Å². The molecule has 1 aliphatic carbocycles. The van der Waals surface area contributed by atoms with Crippen molar-refractivity contribution in [2.75, 3.05) is 26.2 Å². The van der Waals surface area contributed by atoms with Crippen molar-refractivity contribution in [2.24, 2.45) is 0 Å². The van der Waals surface area contributed by atoms with E-state index in [-0.39, 0.29) is 12.1 Å². The number of piperazine rings is 1. The van der Waals surface area contributed by atoms with E-state index in [0.717, 1.165) is 48.0 Å². The second-order valence-electron chi connectivity index (χ2n) is 6.62. The quantitative estimate of drug-likeness (QED) is 0.558. The number of phenols is 1. The van der Waals surface area contributed by atoms with Crippen molar-refractivity contribution >= 4 is 31.9 Å². The Morgan fingerprint density at radius 3 is 2.58 bits per heavy atom. The number of fused-ring (bicyclic) bond motifs is 2. The van der Waals surface area contributed by atoms with Crippen LogP contribution in [-0.4, -0.2) is 42.2 Å². The van der Waals surface area contributed by atoms with Crippen LogP contribution in [0.4, 0.5) is 0 Å². The van der Waals surface area contributed by atoms with Gasteiger partial charge in [0.2, 0.25) is 0 Å². The minimum atomic E-state index is 0.266. The highest BCUT2D eigenvalue weighted by Gasteiger charge is 2.37. The lowest BCUT2D eigenvalue weighted by molar-refractivity contribution is 0.152. The molecular weight excluding hydrogens is 458 g/mol. The normalized spacial score (nSPS) is 25.4. The van der Waals surface area contributed by atoms with E-state index in [1.165, 1.54) is 16.7 Å². The number of allylic oxidation sites excluding steroid dienone is 2. The standard InChI is InChI=1S/C18H21Br2N3O.C2H6/c19-13-7-12-2-1-11-8-14(24)9-15(20)16(11)18(17(12)22-10-13)23-5-3-21-4-6-23;1-2/h7-10,17-18,21-22,24H,1-6H2;1-2H3. The van der Waals surface area contributed by atoms with Crippen LogP contribution in [0.3, 0.4) is 0 Å². The molecule has 2 heterocycles. The van der Waals surface area contributed by atoms with Gasteiger partial charge in [0.25, 0.3) is 0 Å². The van der Waals surface area contributed by atoms with E-state index in [2.05, 4.69) is 59.7 Å². The monoisotopic (exact) mass is 483 g/mol. The summed E-state index contributed by atoms with van der Waals surface area (Å²) in [7, 11) is 0. The SMILES string of the molecule is CC.Oc1cc(Br)c2c(c1)CCC1=CC(Br)=CNC1C2N1CCNCC1. The lowest BCUT2D eigenvalue weighted by atomic mass is 9.90. The van der Waals surface area contributed by atoms with Crippen molar-refractivity contribution in [3.8, 4) is 5.75 Å². The number of hydrogen-bond acceptors (Lipinski definition) is 4. The molecule has 26 heavy (non-hydrogen) atoms. The minimum absolute atomic E-state index is 0.266. The second kappa shape index (κ2) is 8.91. The van der Waals surface area contributed by atoms with Crippen LogP contribution >= 0.6 is 31.9 Å². The summed E-state index contributed by atoms with van der Waals surface area (Å²) in [5, 5.41) is 17.1. The number of aryl methyl sites for hydroxylation is 1. The van der Waals surface area contributed by atoms with Crippen molar-refractivity contribution in [3.05, 3.63) is 50.1 Å². The van der Waals surface area contributed by atoms with Crippen molar-refractivity contribution < 1.29 is 5.11 Å². The highest BCUT2D eigenvalue weighted by molar-refractivity contribution is 9.12. The van der Waals surface area contributed by atoms with Crippen molar-refractivity contribution in [3.63, 3.8) is 0 Å². The zero-order chi connectivity index (χ0) is 18.7. The number of aromatic hydroxyl groups is 1. The van der Waals surface area contributed by atoms with Gasteiger partial charge >= 0.3 is 0 Å². The second-order valence-corrected chi connectivity index (χ2v) is 8.39. The number of rotatable bonds is 1. The summed E-state index contributed by atoms with van der Waals surface area (Å²) in [4.78, 5) is 2.57. The molecule has 0 radical (unpaired) electrons. The Morgan fingerprint density at radius 2 is 1.85 bits per heavy atom. The van der Waals surface area contributed by atoms with Gasteiger partial charge < -0.3 is 15.7 Å². The molecule has 1 saturated heterocycles. The molecule has 3 N–H and O–H groups in total. The van der Waals surface area contributed by atoms with Gasteiger partial charge in [0, 0.05) is 41.3 Å². The Labute approximate surface area is 173 Å². The molecule has 3 aliphatic rings. The summed E-state index contributed by atoms with van der Waals surface area (Å²) in [5.74, 6) is 0.339. The summed E-state index contributed by atoms with van der Waals surface area (Å²) in [6.45, 7) is 8.11. The predicted molar refractivity (Wildman–Crippen MR) is 115 cm³/mol. The Balaban J connectivity index is 0.000000948. The summed E-state index contributed by atoms with van der Waals surface area (Å²) in [5.41, 5.74) is 4.00. The fourth-order valence-electron chi connectivity index (χ4n) is 4.10. The van der Waals surface area contributed by atoms with Gasteiger partial charge in [-0.15, -0.1) is 0 Å². The number of nitrogens with zero attached hydrogens (tertiary/aromatic N) is 1. The average molecular weight is 485 g/mol. The summed E-state index contributed by atoms with van der Waals surface area (Å²) in [6, 6.07) is 4.31. The largest absolute Gasteiger partial charge is 0.508 e. The van der Waals surface area contributed by atoms with Gasteiger partial charge in [0.1, 0.15) is 5.75 Å². The van der Waals surface area contributed by atoms with Gasteiger partial charge in [0.15, 0.2) is 0 Å². The van der Waals surface area contributed by atoms with Gasteiger partial charge in [-0.05, 0) is 63.7 Å². The van der Waals surface area contributed by atoms with Crippen LogP contribution in [0.2, 0.25) is 0 Å². The maximum Gasteiger partial charge on any atom is 0.116 e. The van der Waals surface area contributed by atoms with Gasteiger partial charge in [0.05, 0.1) is 12.1 Å². The Kier molecular flexibility index (Phi) is 6.83.